The molecule has 0 bridgehead atoms. The van der Waals surface area contributed by atoms with Gasteiger partial charge in [-0.1, -0.05) is 18.2 Å². The number of hydrogen-bond acceptors (Lipinski definition) is 7. The first-order valence-corrected chi connectivity index (χ1v) is 11.9. The molecule has 0 spiro atoms. The van der Waals surface area contributed by atoms with Crippen molar-refractivity contribution in [1.82, 2.24) is 14.8 Å². The highest BCUT2D eigenvalue weighted by molar-refractivity contribution is 6.04. The molecule has 0 atom stereocenters. The Morgan fingerprint density at radius 1 is 1.03 bits per heavy atom. The molecule has 2 heterocycles. The molecule has 1 saturated heterocycles. The van der Waals surface area contributed by atoms with E-state index in [0.717, 1.165) is 56.0 Å². The Kier molecular flexibility index (Phi) is 7.92. The third-order valence-electron chi connectivity index (χ3n) is 6.24. The largest absolute Gasteiger partial charge is 0.465 e. The lowest BCUT2D eigenvalue weighted by Gasteiger charge is -2.30. The van der Waals surface area contributed by atoms with Gasteiger partial charge in [0.2, 0.25) is 0 Å². The number of piperazine rings is 1. The van der Waals surface area contributed by atoms with E-state index in [2.05, 4.69) is 38.3 Å². The first-order chi connectivity index (χ1) is 16.5. The van der Waals surface area contributed by atoms with Crippen LogP contribution in [0.2, 0.25) is 0 Å². The van der Waals surface area contributed by atoms with Crippen molar-refractivity contribution in [2.24, 2.45) is 5.10 Å². The van der Waals surface area contributed by atoms with E-state index in [0.29, 0.717) is 18.7 Å². The summed E-state index contributed by atoms with van der Waals surface area (Å²) in [6.07, 6.45) is 2.72. The number of hydrazone groups is 1. The van der Waals surface area contributed by atoms with Crippen molar-refractivity contribution in [1.29, 1.82) is 0 Å². The molecule has 2 aliphatic heterocycles. The van der Waals surface area contributed by atoms with Gasteiger partial charge in [-0.25, -0.2) is 0 Å². The topological polar surface area (TPSA) is 77.5 Å². The summed E-state index contributed by atoms with van der Waals surface area (Å²) in [5.41, 5.74) is 4.69. The van der Waals surface area contributed by atoms with Crippen LogP contribution in [0.25, 0.3) is 0 Å². The summed E-state index contributed by atoms with van der Waals surface area (Å²) in [6, 6.07) is 13.5. The van der Waals surface area contributed by atoms with Gasteiger partial charge in [0.1, 0.15) is 0 Å². The number of amides is 1. The van der Waals surface area contributed by atoms with E-state index >= 15 is 0 Å². The number of likely N-dealkylation sites (N-methyl/N-ethyl adjacent to an activating group) is 1. The molecule has 0 aromatic heterocycles. The van der Waals surface area contributed by atoms with Crippen molar-refractivity contribution >= 4 is 23.8 Å². The minimum Gasteiger partial charge on any atom is -0.465 e. The number of carbonyl (C=O) groups is 2. The molecule has 0 unspecified atom stereocenters. The van der Waals surface area contributed by atoms with Crippen molar-refractivity contribution in [3.63, 3.8) is 0 Å². The third kappa shape index (κ3) is 6.42. The van der Waals surface area contributed by atoms with Gasteiger partial charge >= 0.3 is 5.97 Å². The third-order valence-corrected chi connectivity index (χ3v) is 6.24. The average molecular weight is 464 g/mol. The van der Waals surface area contributed by atoms with E-state index in [1.54, 1.807) is 0 Å². The second kappa shape index (κ2) is 11.3. The van der Waals surface area contributed by atoms with Gasteiger partial charge < -0.3 is 15.0 Å². The molecule has 2 aromatic rings. The number of hydrogen-bond donors (Lipinski definition) is 1. The van der Waals surface area contributed by atoms with Crippen LogP contribution in [0.1, 0.15) is 34.0 Å². The fourth-order valence-corrected chi connectivity index (χ4v) is 4.20. The maximum Gasteiger partial charge on any atom is 0.320 e. The minimum atomic E-state index is -0.201. The van der Waals surface area contributed by atoms with Gasteiger partial charge in [0.15, 0.2) is 0 Å². The molecule has 0 radical (unpaired) electrons. The van der Waals surface area contributed by atoms with Gasteiger partial charge in [0.05, 0.1) is 19.4 Å². The predicted molar refractivity (Wildman–Crippen MR) is 133 cm³/mol. The Bertz CT molecular complexity index is 1030. The lowest BCUT2D eigenvalue weighted by molar-refractivity contribution is -0.144. The van der Waals surface area contributed by atoms with Crippen LogP contribution >= 0.6 is 0 Å². The van der Waals surface area contributed by atoms with Crippen LogP contribution in [-0.4, -0.2) is 85.8 Å². The number of carbonyl (C=O) groups excluding carboxylic acids is 2. The van der Waals surface area contributed by atoms with Crippen molar-refractivity contribution in [3.05, 3.63) is 64.7 Å². The van der Waals surface area contributed by atoms with Crippen molar-refractivity contribution < 1.29 is 14.3 Å². The number of benzene rings is 2. The summed E-state index contributed by atoms with van der Waals surface area (Å²) in [5.74, 6) is -0.353. The number of anilines is 1. The van der Waals surface area contributed by atoms with Crippen LogP contribution in [0, 0.1) is 0 Å². The summed E-state index contributed by atoms with van der Waals surface area (Å²) < 4.78 is 5.07. The molecule has 2 aromatic carbocycles. The molecule has 2 aliphatic rings. The maximum absolute atomic E-state index is 12.8. The first kappa shape index (κ1) is 23.9. The summed E-state index contributed by atoms with van der Waals surface area (Å²) in [5, 5.41) is 9.62. The van der Waals surface area contributed by atoms with Crippen molar-refractivity contribution in [2.75, 3.05) is 58.2 Å². The number of nitrogens with zero attached hydrogens (tertiary/aromatic N) is 4. The molecule has 180 valence electrons. The molecule has 0 saturated carbocycles. The molecule has 1 fully saturated rings. The molecule has 1 amide bonds. The summed E-state index contributed by atoms with van der Waals surface area (Å²) >= 11 is 0. The van der Waals surface area contributed by atoms with Crippen LogP contribution in [0.5, 0.6) is 0 Å². The quantitative estimate of drug-likeness (QED) is 0.502. The summed E-state index contributed by atoms with van der Waals surface area (Å²) in [4.78, 5) is 29.0. The van der Waals surface area contributed by atoms with E-state index in [-0.39, 0.29) is 18.4 Å². The van der Waals surface area contributed by atoms with E-state index in [1.807, 2.05) is 49.5 Å². The van der Waals surface area contributed by atoms with Crippen LogP contribution in [0.15, 0.2) is 47.6 Å². The van der Waals surface area contributed by atoms with Crippen LogP contribution in [0.4, 0.5) is 5.69 Å². The lowest BCUT2D eigenvalue weighted by Crippen LogP contribution is -2.41. The first-order valence-electron chi connectivity index (χ1n) is 11.9. The second-order valence-electron chi connectivity index (χ2n) is 8.83. The Balaban J connectivity index is 1.33. The predicted octanol–water partition coefficient (Wildman–Crippen LogP) is 2.44. The Morgan fingerprint density at radius 2 is 1.79 bits per heavy atom. The Labute approximate surface area is 201 Å². The molecular formula is C26H33N5O3. The monoisotopic (exact) mass is 463 g/mol. The molecular weight excluding hydrogens is 430 g/mol. The minimum absolute atomic E-state index is 0.151. The van der Waals surface area contributed by atoms with Crippen molar-refractivity contribution in [2.45, 2.75) is 19.9 Å². The number of esters is 1. The highest BCUT2D eigenvalue weighted by atomic mass is 16.5. The van der Waals surface area contributed by atoms with E-state index in [4.69, 9.17) is 4.74 Å². The van der Waals surface area contributed by atoms with Gasteiger partial charge in [-0.2, -0.15) is 5.10 Å². The lowest BCUT2D eigenvalue weighted by atomic mass is 9.99. The zero-order chi connectivity index (χ0) is 23.9. The van der Waals surface area contributed by atoms with E-state index < -0.39 is 0 Å². The molecule has 0 aliphatic carbocycles. The van der Waals surface area contributed by atoms with Crippen LogP contribution in [-0.2, 0) is 22.5 Å². The van der Waals surface area contributed by atoms with Gasteiger partial charge in [-0.05, 0) is 61.3 Å². The smallest absolute Gasteiger partial charge is 0.320 e. The summed E-state index contributed by atoms with van der Waals surface area (Å²) in [7, 11) is 2.12. The zero-order valence-corrected chi connectivity index (χ0v) is 20.0. The van der Waals surface area contributed by atoms with Gasteiger partial charge in [0.25, 0.3) is 5.91 Å². The van der Waals surface area contributed by atoms with Crippen LogP contribution in [0.3, 0.4) is 0 Å². The fourth-order valence-electron chi connectivity index (χ4n) is 4.20. The highest BCUT2D eigenvalue weighted by Gasteiger charge is 2.19. The number of rotatable bonds is 7. The molecule has 4 rings (SSSR count). The number of nitrogens with one attached hydrogen (secondary N) is 1. The Hall–Kier alpha value is -3.23. The van der Waals surface area contributed by atoms with Gasteiger partial charge in [0, 0.05) is 50.5 Å². The van der Waals surface area contributed by atoms with E-state index in [9.17, 15) is 9.59 Å². The van der Waals surface area contributed by atoms with Gasteiger partial charge in [-0.15, -0.1) is 0 Å². The average Bonchev–Trinajstić information content (AvgIpc) is 2.84. The number of fused-ring (bicyclic) bond motifs is 1. The Morgan fingerprint density at radius 3 is 2.53 bits per heavy atom. The standard InChI is InChI=1S/C26H33N5O3/c1-3-34-25(32)19-30-11-10-21-8-9-24(16-23(21)18-30)28-26(33)22-6-4-20(5-7-22)17-27-31-14-12-29(2)13-15-31/h4-9,16-17H,3,10-15,18-19H2,1-2H3,(H,28,33). The molecule has 8 nitrogen and oxygen atoms in total. The number of ether oxygens (including phenoxy) is 1. The normalized spacial score (nSPS) is 16.9. The van der Waals surface area contributed by atoms with Crippen molar-refractivity contribution in [3.8, 4) is 0 Å². The fraction of sp³-hybridized carbons (Fsp3) is 0.423. The van der Waals surface area contributed by atoms with Gasteiger partial charge in [-0.3, -0.25) is 19.5 Å². The second-order valence-corrected chi connectivity index (χ2v) is 8.83. The van der Waals surface area contributed by atoms with Crippen LogP contribution < -0.4 is 5.32 Å². The SMILES string of the molecule is CCOC(=O)CN1CCc2ccc(NC(=O)c3ccc(C=NN4CCN(C)CC4)cc3)cc2C1. The zero-order valence-electron chi connectivity index (χ0n) is 20.0. The molecule has 8 heteroatoms. The summed E-state index contributed by atoms with van der Waals surface area (Å²) in [6.45, 7) is 7.86. The highest BCUT2D eigenvalue weighted by Crippen LogP contribution is 2.23. The molecule has 1 N–H and O–H groups in total. The van der Waals surface area contributed by atoms with E-state index in [1.165, 1.54) is 5.56 Å². The molecule has 34 heavy (non-hydrogen) atoms. The maximum atomic E-state index is 12.8.